The van der Waals surface area contributed by atoms with Crippen LogP contribution in [0.1, 0.15) is 11.1 Å². The molecule has 0 fully saturated rings. The van der Waals surface area contributed by atoms with E-state index in [1.807, 2.05) is 31.2 Å². The van der Waals surface area contributed by atoms with Crippen LogP contribution in [0.4, 0.5) is 5.69 Å². The van der Waals surface area contributed by atoms with E-state index in [9.17, 15) is 10.1 Å². The molecule has 4 nitrogen and oxygen atoms in total. The minimum Gasteiger partial charge on any atom is -0.258 e. The van der Waals surface area contributed by atoms with Crippen molar-refractivity contribution in [3.8, 4) is 0 Å². The van der Waals surface area contributed by atoms with Gasteiger partial charge in [-0.15, -0.1) is 11.8 Å². The van der Waals surface area contributed by atoms with E-state index in [4.69, 9.17) is 11.6 Å². The SMILES string of the molecule is Cc1ccccc1CSc1cc([N+](=O)[O-])cc(Cl)n1. The van der Waals surface area contributed by atoms with Gasteiger partial charge in [-0.2, -0.15) is 0 Å². The Morgan fingerprint density at radius 2 is 2.11 bits per heavy atom. The largest absolute Gasteiger partial charge is 0.275 e. The second kappa shape index (κ2) is 6.04. The van der Waals surface area contributed by atoms with E-state index in [1.165, 1.54) is 35.0 Å². The molecule has 0 aliphatic carbocycles. The Hall–Kier alpha value is -1.59. The maximum Gasteiger partial charge on any atom is 0.275 e. The highest BCUT2D eigenvalue weighted by atomic mass is 35.5. The molecule has 0 aliphatic heterocycles. The maximum atomic E-state index is 10.7. The number of rotatable bonds is 4. The van der Waals surface area contributed by atoms with Crippen LogP contribution in [-0.2, 0) is 5.75 Å². The van der Waals surface area contributed by atoms with E-state index in [0.29, 0.717) is 10.8 Å². The van der Waals surface area contributed by atoms with Gasteiger partial charge in [0.2, 0.25) is 0 Å². The van der Waals surface area contributed by atoms with E-state index < -0.39 is 4.92 Å². The van der Waals surface area contributed by atoms with Crippen LogP contribution >= 0.6 is 23.4 Å². The lowest BCUT2D eigenvalue weighted by molar-refractivity contribution is -0.385. The Morgan fingerprint density at radius 1 is 1.37 bits per heavy atom. The molecule has 0 radical (unpaired) electrons. The molecule has 2 rings (SSSR count). The number of benzene rings is 1. The predicted octanol–water partition coefficient (Wildman–Crippen LogP) is 4.24. The van der Waals surface area contributed by atoms with E-state index in [-0.39, 0.29) is 10.8 Å². The lowest BCUT2D eigenvalue weighted by atomic mass is 10.1. The highest BCUT2D eigenvalue weighted by Crippen LogP contribution is 2.27. The van der Waals surface area contributed by atoms with Gasteiger partial charge in [-0.1, -0.05) is 35.9 Å². The van der Waals surface area contributed by atoms with Gasteiger partial charge in [-0.05, 0) is 18.1 Å². The number of thioether (sulfide) groups is 1. The van der Waals surface area contributed by atoms with Crippen molar-refractivity contribution in [1.82, 2.24) is 4.98 Å². The fraction of sp³-hybridized carbons (Fsp3) is 0.154. The third kappa shape index (κ3) is 3.68. The Balaban J connectivity index is 2.16. The average molecular weight is 295 g/mol. The predicted molar refractivity (Wildman–Crippen MR) is 76.6 cm³/mol. The summed E-state index contributed by atoms with van der Waals surface area (Å²) in [5.41, 5.74) is 2.33. The summed E-state index contributed by atoms with van der Waals surface area (Å²) in [5, 5.41) is 11.4. The normalized spacial score (nSPS) is 10.4. The Labute approximate surface area is 120 Å². The van der Waals surface area contributed by atoms with Crippen molar-refractivity contribution < 1.29 is 4.92 Å². The van der Waals surface area contributed by atoms with Gasteiger partial charge in [0.1, 0.15) is 10.2 Å². The van der Waals surface area contributed by atoms with Crippen LogP contribution in [0.3, 0.4) is 0 Å². The highest BCUT2D eigenvalue weighted by Gasteiger charge is 2.11. The van der Waals surface area contributed by atoms with Crippen molar-refractivity contribution in [1.29, 1.82) is 0 Å². The molecular formula is C13H11ClN2O2S. The first-order chi connectivity index (χ1) is 9.06. The van der Waals surface area contributed by atoms with E-state index in [2.05, 4.69) is 4.98 Å². The van der Waals surface area contributed by atoms with Crippen LogP contribution in [0.25, 0.3) is 0 Å². The van der Waals surface area contributed by atoms with E-state index in [1.54, 1.807) is 0 Å². The zero-order valence-corrected chi connectivity index (χ0v) is 11.7. The van der Waals surface area contributed by atoms with Gasteiger partial charge in [0.15, 0.2) is 0 Å². The Kier molecular flexibility index (Phi) is 4.39. The third-order valence-electron chi connectivity index (χ3n) is 2.60. The fourth-order valence-electron chi connectivity index (χ4n) is 1.56. The summed E-state index contributed by atoms with van der Waals surface area (Å²) in [7, 11) is 0. The Morgan fingerprint density at radius 3 is 2.79 bits per heavy atom. The summed E-state index contributed by atoms with van der Waals surface area (Å²) in [6.45, 7) is 2.03. The van der Waals surface area contributed by atoms with Crippen LogP contribution in [-0.4, -0.2) is 9.91 Å². The van der Waals surface area contributed by atoms with Gasteiger partial charge in [-0.25, -0.2) is 4.98 Å². The summed E-state index contributed by atoms with van der Waals surface area (Å²) < 4.78 is 0. The van der Waals surface area contributed by atoms with Crippen LogP contribution in [0.5, 0.6) is 0 Å². The second-order valence-corrected chi connectivity index (χ2v) is 5.34. The first-order valence-corrected chi connectivity index (χ1v) is 6.92. The van der Waals surface area contributed by atoms with Gasteiger partial charge in [0.25, 0.3) is 5.69 Å². The summed E-state index contributed by atoms with van der Waals surface area (Å²) in [6.07, 6.45) is 0. The number of halogens is 1. The Bertz CT molecular complexity index is 619. The summed E-state index contributed by atoms with van der Waals surface area (Å²) in [6, 6.07) is 10.7. The zero-order chi connectivity index (χ0) is 13.8. The molecule has 0 unspecified atom stereocenters. The first-order valence-electron chi connectivity index (χ1n) is 5.55. The second-order valence-electron chi connectivity index (χ2n) is 3.96. The molecule has 0 N–H and O–H groups in total. The van der Waals surface area contributed by atoms with Crippen LogP contribution in [0, 0.1) is 17.0 Å². The zero-order valence-electron chi connectivity index (χ0n) is 10.2. The van der Waals surface area contributed by atoms with Crippen molar-refractivity contribution in [2.24, 2.45) is 0 Å². The molecule has 0 spiro atoms. The number of pyridine rings is 1. The van der Waals surface area contributed by atoms with Gasteiger partial charge >= 0.3 is 0 Å². The van der Waals surface area contributed by atoms with Gasteiger partial charge in [-0.3, -0.25) is 10.1 Å². The molecule has 0 amide bonds. The van der Waals surface area contributed by atoms with Crippen LogP contribution in [0.15, 0.2) is 41.4 Å². The quantitative estimate of drug-likeness (QED) is 0.366. The molecule has 1 aromatic carbocycles. The molecule has 19 heavy (non-hydrogen) atoms. The number of hydrogen-bond acceptors (Lipinski definition) is 4. The smallest absolute Gasteiger partial charge is 0.258 e. The molecule has 0 bridgehead atoms. The molecule has 1 aromatic heterocycles. The molecule has 1 heterocycles. The standard InChI is InChI=1S/C13H11ClN2O2S/c1-9-4-2-3-5-10(9)8-19-13-7-11(16(17)18)6-12(14)15-13/h2-7H,8H2,1H3. The van der Waals surface area contributed by atoms with Crippen molar-refractivity contribution in [3.63, 3.8) is 0 Å². The molecular weight excluding hydrogens is 284 g/mol. The molecule has 0 atom stereocenters. The lowest BCUT2D eigenvalue weighted by Crippen LogP contribution is -1.92. The van der Waals surface area contributed by atoms with Gasteiger partial charge < -0.3 is 0 Å². The highest BCUT2D eigenvalue weighted by molar-refractivity contribution is 7.98. The van der Waals surface area contributed by atoms with Crippen molar-refractivity contribution in [2.75, 3.05) is 0 Å². The van der Waals surface area contributed by atoms with Crippen LogP contribution < -0.4 is 0 Å². The maximum absolute atomic E-state index is 10.7. The van der Waals surface area contributed by atoms with Crippen molar-refractivity contribution in [2.45, 2.75) is 17.7 Å². The molecule has 6 heteroatoms. The minimum atomic E-state index is -0.467. The van der Waals surface area contributed by atoms with Crippen molar-refractivity contribution in [3.05, 3.63) is 62.8 Å². The minimum absolute atomic E-state index is 0.0349. The van der Waals surface area contributed by atoms with Gasteiger partial charge in [0, 0.05) is 11.8 Å². The topological polar surface area (TPSA) is 56.0 Å². The summed E-state index contributed by atoms with van der Waals surface area (Å²) >= 11 is 7.21. The number of aromatic nitrogens is 1. The summed E-state index contributed by atoms with van der Waals surface area (Å²) in [5.74, 6) is 0.706. The van der Waals surface area contributed by atoms with Crippen LogP contribution in [0.2, 0.25) is 5.15 Å². The number of nitrogens with zero attached hydrogens (tertiary/aromatic N) is 2. The average Bonchev–Trinajstić information content (AvgIpc) is 2.37. The third-order valence-corrected chi connectivity index (χ3v) is 3.76. The summed E-state index contributed by atoms with van der Waals surface area (Å²) in [4.78, 5) is 14.4. The van der Waals surface area contributed by atoms with E-state index >= 15 is 0 Å². The molecule has 98 valence electrons. The number of hydrogen-bond donors (Lipinski definition) is 0. The molecule has 2 aromatic rings. The van der Waals surface area contributed by atoms with E-state index in [0.717, 1.165) is 0 Å². The number of nitro groups is 1. The van der Waals surface area contributed by atoms with Gasteiger partial charge in [0.05, 0.1) is 11.0 Å². The molecule has 0 aliphatic rings. The number of aryl methyl sites for hydroxylation is 1. The first kappa shape index (κ1) is 13.8. The van der Waals surface area contributed by atoms with Crippen molar-refractivity contribution >= 4 is 29.1 Å². The monoisotopic (exact) mass is 294 g/mol. The molecule has 0 saturated carbocycles. The molecule has 0 saturated heterocycles. The fourth-order valence-corrected chi connectivity index (χ4v) is 2.81. The lowest BCUT2D eigenvalue weighted by Gasteiger charge is -2.05.